The zero-order valence-corrected chi connectivity index (χ0v) is 18.2. The first-order valence-corrected chi connectivity index (χ1v) is 10.8. The van der Waals surface area contributed by atoms with Crippen molar-refractivity contribution in [1.29, 1.82) is 0 Å². The number of benzene rings is 2. The van der Waals surface area contributed by atoms with Crippen molar-refractivity contribution in [2.45, 2.75) is 0 Å². The Balaban J connectivity index is 1.95. The Hall–Kier alpha value is -1.47. The van der Waals surface area contributed by atoms with Gasteiger partial charge in [-0.05, 0) is 47.2 Å². The summed E-state index contributed by atoms with van der Waals surface area (Å²) in [6.07, 6.45) is 0. The van der Waals surface area contributed by atoms with Gasteiger partial charge in [-0.15, -0.1) is 0 Å². The molecule has 0 saturated carbocycles. The van der Waals surface area contributed by atoms with E-state index >= 15 is 0 Å². The van der Waals surface area contributed by atoms with Crippen molar-refractivity contribution in [2.75, 3.05) is 0 Å². The van der Waals surface area contributed by atoms with Crippen LogP contribution in [0.3, 0.4) is 0 Å². The summed E-state index contributed by atoms with van der Waals surface area (Å²) in [5.74, 6) is -0.668. The molecule has 0 unspecified atom stereocenters. The molecule has 0 aliphatic carbocycles. The van der Waals surface area contributed by atoms with Crippen LogP contribution in [0.5, 0.6) is 0 Å². The minimum atomic E-state index is -0.668. The van der Waals surface area contributed by atoms with Crippen molar-refractivity contribution in [1.82, 2.24) is 0 Å². The molecule has 0 saturated heterocycles. The quantitative estimate of drug-likeness (QED) is 0.296. The number of hydrogen-bond acceptors (Lipinski definition) is 5. The molecular weight excluding hydrogens is 482 g/mol. The average molecular weight is 488 g/mol. The van der Waals surface area contributed by atoms with Gasteiger partial charge in [-0.25, -0.2) is 0 Å². The van der Waals surface area contributed by atoms with Crippen LogP contribution in [0.4, 0.5) is 0 Å². The van der Waals surface area contributed by atoms with Gasteiger partial charge in [0, 0.05) is 10.0 Å². The number of fused-ring (bicyclic) bond motifs is 2. The molecule has 0 N–H and O–H groups in total. The zero-order valence-electron chi connectivity index (χ0n) is 13.5. The maximum absolute atomic E-state index is 13.0. The van der Waals surface area contributed by atoms with E-state index in [2.05, 4.69) is 0 Å². The van der Waals surface area contributed by atoms with Gasteiger partial charge in [0.25, 0.3) is 0 Å². The average Bonchev–Trinajstić information content (AvgIpc) is 2.61. The van der Waals surface area contributed by atoms with E-state index in [1.54, 1.807) is 12.1 Å². The normalized spacial score (nSPS) is 11.3. The van der Waals surface area contributed by atoms with Gasteiger partial charge in [0.15, 0.2) is 0 Å². The van der Waals surface area contributed by atoms with E-state index in [-0.39, 0.29) is 11.1 Å². The van der Waals surface area contributed by atoms with Crippen LogP contribution in [-0.4, -0.2) is 5.78 Å². The predicted octanol–water partition coefficient (Wildman–Crippen LogP) is 6.68. The Morgan fingerprint density at radius 1 is 0.643 bits per heavy atom. The molecule has 0 bridgehead atoms. The molecule has 9 heteroatoms. The van der Waals surface area contributed by atoms with Crippen molar-refractivity contribution < 1.29 is 4.79 Å². The number of halogens is 4. The second-order valence-electron chi connectivity index (χ2n) is 5.84. The van der Waals surface area contributed by atoms with Gasteiger partial charge in [0.1, 0.15) is 0 Å². The van der Waals surface area contributed by atoms with E-state index in [4.69, 9.17) is 46.4 Å². The molecule has 0 radical (unpaired) electrons. The molecule has 0 aliphatic heterocycles. The first-order chi connectivity index (χ1) is 13.2. The molecule has 2 aromatic carbocycles. The molecule has 4 rings (SSSR count). The Bertz CT molecular complexity index is 1320. The summed E-state index contributed by atoms with van der Waals surface area (Å²) in [5, 5.41) is 2.50. The van der Waals surface area contributed by atoms with Crippen LogP contribution in [0, 0.1) is 0 Å². The first kappa shape index (κ1) is 19.8. The zero-order chi connectivity index (χ0) is 20.2. The Morgan fingerprint density at radius 3 is 1.43 bits per heavy atom. The topological polar surface area (TPSA) is 51.2 Å². The summed E-state index contributed by atoms with van der Waals surface area (Å²) in [4.78, 5) is 38.1. The van der Waals surface area contributed by atoms with Gasteiger partial charge in [0.05, 0.1) is 30.6 Å². The lowest BCUT2D eigenvalue weighted by molar-refractivity contribution is 0.103. The third-order valence-electron chi connectivity index (χ3n) is 3.99. The molecular formula is C19H6Cl4O3S2. The monoisotopic (exact) mass is 486 g/mol. The largest absolute Gasteiger partial charge is 0.288 e. The molecule has 140 valence electrons. The SMILES string of the molecule is O=C(c1cc2cc(Cl)cc(Cl)c2sc1=O)c1cc2cc(Cl)cc(Cl)c2sc1=O. The maximum atomic E-state index is 13.0. The van der Waals surface area contributed by atoms with E-state index in [9.17, 15) is 14.4 Å². The third-order valence-corrected chi connectivity index (χ3v) is 7.38. The highest BCUT2D eigenvalue weighted by Crippen LogP contribution is 2.32. The lowest BCUT2D eigenvalue weighted by atomic mass is 10.1. The van der Waals surface area contributed by atoms with Gasteiger partial charge in [0.2, 0.25) is 15.3 Å². The number of rotatable bonds is 2. The highest BCUT2D eigenvalue weighted by molar-refractivity contribution is 7.17. The van der Waals surface area contributed by atoms with E-state index in [1.165, 1.54) is 24.3 Å². The number of hydrogen-bond donors (Lipinski definition) is 0. The van der Waals surface area contributed by atoms with Crippen LogP contribution in [-0.2, 0) is 0 Å². The lowest BCUT2D eigenvalue weighted by Crippen LogP contribution is -2.18. The minimum absolute atomic E-state index is 0.118. The number of carbonyl (C=O) groups excluding carboxylic acids is 1. The smallest absolute Gasteiger partial charge is 0.244 e. The number of carbonyl (C=O) groups is 1. The van der Waals surface area contributed by atoms with Gasteiger partial charge in [-0.1, -0.05) is 69.1 Å². The van der Waals surface area contributed by atoms with E-state index < -0.39 is 15.3 Å². The molecule has 0 fully saturated rings. The fourth-order valence-corrected chi connectivity index (χ4v) is 5.70. The van der Waals surface area contributed by atoms with Crippen LogP contribution < -0.4 is 9.48 Å². The molecule has 0 spiro atoms. The first-order valence-electron chi connectivity index (χ1n) is 7.65. The molecule has 3 nitrogen and oxygen atoms in total. The second kappa shape index (κ2) is 7.41. The predicted molar refractivity (Wildman–Crippen MR) is 120 cm³/mol. The lowest BCUT2D eigenvalue weighted by Gasteiger charge is -2.06. The summed E-state index contributed by atoms with van der Waals surface area (Å²) in [5.41, 5.74) is -0.236. The van der Waals surface area contributed by atoms with Gasteiger partial charge in [-0.2, -0.15) is 0 Å². The van der Waals surface area contributed by atoms with Crippen molar-refractivity contribution >= 4 is 95.0 Å². The fourth-order valence-electron chi connectivity index (χ4n) is 2.78. The van der Waals surface area contributed by atoms with Crippen LogP contribution >= 0.6 is 69.1 Å². The van der Waals surface area contributed by atoms with Crippen molar-refractivity contribution in [3.8, 4) is 0 Å². The summed E-state index contributed by atoms with van der Waals surface area (Å²) in [6.45, 7) is 0. The van der Waals surface area contributed by atoms with Crippen molar-refractivity contribution in [3.05, 3.63) is 86.7 Å². The second-order valence-corrected chi connectivity index (χ2v) is 9.49. The standard InChI is InChI=1S/C19H6Cl4O3S2/c20-9-1-7-3-11(18(25)27-16(7)13(22)5-9)15(24)12-4-8-2-10(21)6-14(23)17(8)28-19(12)26/h1-6H. The van der Waals surface area contributed by atoms with Crippen molar-refractivity contribution in [3.63, 3.8) is 0 Å². The van der Waals surface area contributed by atoms with Crippen LogP contribution in [0.15, 0.2) is 46.0 Å². The molecule has 0 aliphatic rings. The van der Waals surface area contributed by atoms with E-state index in [0.29, 0.717) is 40.3 Å². The van der Waals surface area contributed by atoms with E-state index in [0.717, 1.165) is 22.7 Å². The molecule has 28 heavy (non-hydrogen) atoms. The summed E-state index contributed by atoms with van der Waals surface area (Å²) in [6, 6.07) is 9.08. The molecule has 2 heterocycles. The minimum Gasteiger partial charge on any atom is -0.288 e. The van der Waals surface area contributed by atoms with Gasteiger partial charge in [-0.3, -0.25) is 14.4 Å². The van der Waals surface area contributed by atoms with Gasteiger partial charge >= 0.3 is 0 Å². The Labute approximate surface area is 185 Å². The summed E-state index contributed by atoms with van der Waals surface area (Å²) < 4.78 is 0.0652. The Kier molecular flexibility index (Phi) is 5.25. The van der Waals surface area contributed by atoms with E-state index in [1.807, 2.05) is 0 Å². The Morgan fingerprint density at radius 2 is 1.04 bits per heavy atom. The van der Waals surface area contributed by atoms with Crippen LogP contribution in [0.2, 0.25) is 20.1 Å². The van der Waals surface area contributed by atoms with Crippen LogP contribution in [0.1, 0.15) is 15.9 Å². The summed E-state index contributed by atoms with van der Waals surface area (Å²) in [7, 11) is 0. The van der Waals surface area contributed by atoms with Crippen LogP contribution in [0.25, 0.3) is 20.2 Å². The number of ketones is 1. The maximum Gasteiger partial charge on any atom is 0.244 e. The van der Waals surface area contributed by atoms with Gasteiger partial charge < -0.3 is 0 Å². The summed E-state index contributed by atoms with van der Waals surface area (Å²) >= 11 is 26.0. The van der Waals surface area contributed by atoms with Crippen molar-refractivity contribution in [2.24, 2.45) is 0 Å². The highest BCUT2D eigenvalue weighted by Gasteiger charge is 2.20. The highest BCUT2D eigenvalue weighted by atomic mass is 35.5. The third kappa shape index (κ3) is 3.47. The fraction of sp³-hybridized carbons (Fsp3) is 0. The molecule has 4 aromatic rings. The molecule has 2 aromatic heterocycles. The molecule has 0 amide bonds. The molecule has 0 atom stereocenters.